The van der Waals surface area contributed by atoms with Crippen molar-refractivity contribution in [3.63, 3.8) is 0 Å². The van der Waals surface area contributed by atoms with Gasteiger partial charge in [0.15, 0.2) is 0 Å². The molecule has 0 spiro atoms. The molecule has 0 N–H and O–H groups in total. The Morgan fingerprint density at radius 2 is 1.26 bits per heavy atom. The van der Waals surface area contributed by atoms with Crippen molar-refractivity contribution in [3.8, 4) is 11.3 Å². The molecule has 5 rings (SSSR count). The smallest absolute Gasteiger partial charge is 0.0780 e. The van der Waals surface area contributed by atoms with Crippen LogP contribution in [-0.4, -0.2) is 4.98 Å². The van der Waals surface area contributed by atoms with E-state index in [4.69, 9.17) is 4.98 Å². The van der Waals surface area contributed by atoms with E-state index in [-0.39, 0.29) is 0 Å². The Balaban J connectivity index is 1.37. The van der Waals surface area contributed by atoms with Crippen LogP contribution in [0, 0.1) is 0 Å². The van der Waals surface area contributed by atoms with Gasteiger partial charge in [-0.2, -0.15) is 0 Å². The first-order valence-electron chi connectivity index (χ1n) is 13.1. The lowest BCUT2D eigenvalue weighted by Crippen LogP contribution is -1.91. The Labute approximate surface area is 203 Å². The van der Waals surface area contributed by atoms with Crippen molar-refractivity contribution >= 4 is 32.3 Å². The molecule has 1 heterocycles. The van der Waals surface area contributed by atoms with Gasteiger partial charge in [0.05, 0.1) is 5.69 Å². The van der Waals surface area contributed by atoms with Gasteiger partial charge in [0.25, 0.3) is 0 Å². The molecule has 0 saturated heterocycles. The predicted octanol–water partition coefficient (Wildman–Crippen LogP) is 9.89. The molecular weight excluding hydrogens is 410 g/mol. The van der Waals surface area contributed by atoms with Crippen molar-refractivity contribution in [2.24, 2.45) is 0 Å². The zero-order valence-electron chi connectivity index (χ0n) is 20.4. The van der Waals surface area contributed by atoms with Crippen molar-refractivity contribution in [2.45, 2.75) is 64.7 Å². The van der Waals surface area contributed by atoms with E-state index in [0.29, 0.717) is 0 Å². The van der Waals surface area contributed by atoms with Gasteiger partial charge < -0.3 is 0 Å². The summed E-state index contributed by atoms with van der Waals surface area (Å²) in [6, 6.07) is 28.9. The Kier molecular flexibility index (Phi) is 7.19. The molecule has 0 bridgehead atoms. The molecule has 4 aromatic carbocycles. The van der Waals surface area contributed by atoms with Crippen molar-refractivity contribution in [2.75, 3.05) is 0 Å². The lowest BCUT2D eigenvalue weighted by atomic mass is 9.95. The summed E-state index contributed by atoms with van der Waals surface area (Å²) in [4.78, 5) is 4.83. The van der Waals surface area contributed by atoms with Crippen molar-refractivity contribution in [1.29, 1.82) is 0 Å². The van der Waals surface area contributed by atoms with Crippen LogP contribution in [0.1, 0.15) is 63.9 Å². The van der Waals surface area contributed by atoms with Crippen LogP contribution >= 0.6 is 0 Å². The summed E-state index contributed by atoms with van der Waals surface area (Å²) in [6.07, 6.45) is 14.0. The van der Waals surface area contributed by atoms with Crippen LogP contribution in [0.5, 0.6) is 0 Å². The Hall–Kier alpha value is -3.19. The van der Waals surface area contributed by atoms with Crippen LogP contribution in [0.2, 0.25) is 0 Å². The Bertz CT molecular complexity index is 1400. The molecule has 1 heteroatoms. The van der Waals surface area contributed by atoms with E-state index in [9.17, 15) is 0 Å². The molecule has 0 saturated carbocycles. The molecule has 5 aromatic rings. The highest BCUT2D eigenvalue weighted by Crippen LogP contribution is 2.35. The summed E-state index contributed by atoms with van der Waals surface area (Å²) in [5.74, 6) is 0. The molecule has 34 heavy (non-hydrogen) atoms. The fourth-order valence-electron chi connectivity index (χ4n) is 5.32. The predicted molar refractivity (Wildman–Crippen MR) is 149 cm³/mol. The largest absolute Gasteiger partial charge is 0.256 e. The lowest BCUT2D eigenvalue weighted by Gasteiger charge is -2.11. The number of aryl methyl sites for hydroxylation is 1. The number of benzene rings is 4. The first kappa shape index (κ1) is 22.6. The van der Waals surface area contributed by atoms with Gasteiger partial charge in [0.2, 0.25) is 0 Å². The van der Waals surface area contributed by atoms with Gasteiger partial charge in [-0.05, 0) is 57.5 Å². The molecule has 1 nitrogen and oxygen atoms in total. The maximum absolute atomic E-state index is 4.83. The highest BCUT2D eigenvalue weighted by atomic mass is 14.7. The van der Waals surface area contributed by atoms with Crippen LogP contribution in [-0.2, 0) is 6.42 Å². The number of aromatic nitrogens is 1. The van der Waals surface area contributed by atoms with Gasteiger partial charge in [-0.1, -0.05) is 119 Å². The molecule has 1 aromatic heterocycles. The van der Waals surface area contributed by atoms with Crippen LogP contribution in [0.3, 0.4) is 0 Å². The molecule has 0 aliphatic carbocycles. The minimum Gasteiger partial charge on any atom is -0.256 e. The van der Waals surface area contributed by atoms with E-state index < -0.39 is 0 Å². The first-order valence-corrected chi connectivity index (χ1v) is 13.1. The van der Waals surface area contributed by atoms with E-state index in [1.54, 1.807) is 0 Å². The Morgan fingerprint density at radius 1 is 0.559 bits per heavy atom. The molecule has 0 unspecified atom stereocenters. The average molecular weight is 446 g/mol. The van der Waals surface area contributed by atoms with Gasteiger partial charge >= 0.3 is 0 Å². The summed E-state index contributed by atoms with van der Waals surface area (Å²) in [7, 11) is 0. The summed E-state index contributed by atoms with van der Waals surface area (Å²) < 4.78 is 0. The van der Waals surface area contributed by atoms with E-state index in [2.05, 4.69) is 85.8 Å². The van der Waals surface area contributed by atoms with Crippen LogP contribution in [0.15, 0.2) is 85.1 Å². The maximum Gasteiger partial charge on any atom is 0.0780 e. The SMILES string of the molecule is CCCCCCCCCCc1cccc(-c2nccc3c2ccc2c4ccccc4ccc32)c1. The molecule has 0 aliphatic heterocycles. The highest BCUT2D eigenvalue weighted by Gasteiger charge is 2.10. The fourth-order valence-corrected chi connectivity index (χ4v) is 5.32. The summed E-state index contributed by atoms with van der Waals surface area (Å²) in [5, 5.41) is 7.72. The van der Waals surface area contributed by atoms with Gasteiger partial charge in [-0.15, -0.1) is 0 Å². The van der Waals surface area contributed by atoms with Crippen LogP contribution in [0.25, 0.3) is 43.6 Å². The summed E-state index contributed by atoms with van der Waals surface area (Å²) >= 11 is 0. The maximum atomic E-state index is 4.83. The number of pyridine rings is 1. The highest BCUT2D eigenvalue weighted by molar-refractivity contribution is 6.18. The number of unbranched alkanes of at least 4 members (excludes halogenated alkanes) is 7. The lowest BCUT2D eigenvalue weighted by molar-refractivity contribution is 0.575. The summed E-state index contributed by atoms with van der Waals surface area (Å²) in [5.41, 5.74) is 3.74. The molecule has 172 valence electrons. The van der Waals surface area contributed by atoms with Crippen LogP contribution in [0.4, 0.5) is 0 Å². The second-order valence-electron chi connectivity index (χ2n) is 9.63. The minimum absolute atomic E-state index is 1.09. The van der Waals surface area contributed by atoms with E-state index in [1.807, 2.05) is 6.20 Å². The molecule has 0 fully saturated rings. The zero-order valence-corrected chi connectivity index (χ0v) is 20.4. The third-order valence-corrected chi connectivity index (χ3v) is 7.19. The quantitative estimate of drug-likeness (QED) is 0.154. The Morgan fingerprint density at radius 3 is 2.15 bits per heavy atom. The standard InChI is InChI=1S/C33H35N/c1-2-3-4-5-6-7-8-9-13-25-14-12-16-27(24-25)33-32-21-20-29-28-17-11-10-15-26(28)18-19-30(29)31(32)22-23-34-33/h10-12,14-24H,2-9,13H2,1H3. The number of hydrogen-bond acceptors (Lipinski definition) is 1. The normalized spacial score (nSPS) is 11.6. The molecular formula is C33H35N. The number of hydrogen-bond donors (Lipinski definition) is 0. The van der Waals surface area contributed by atoms with Crippen molar-refractivity contribution in [1.82, 2.24) is 4.98 Å². The molecule has 0 atom stereocenters. The number of rotatable bonds is 10. The monoisotopic (exact) mass is 445 g/mol. The molecule has 0 radical (unpaired) electrons. The fraction of sp³-hybridized carbons (Fsp3) is 0.303. The number of nitrogens with zero attached hydrogens (tertiary/aromatic N) is 1. The van der Waals surface area contributed by atoms with Crippen molar-refractivity contribution < 1.29 is 0 Å². The third-order valence-electron chi connectivity index (χ3n) is 7.19. The summed E-state index contributed by atoms with van der Waals surface area (Å²) in [6.45, 7) is 2.28. The van der Waals surface area contributed by atoms with E-state index >= 15 is 0 Å². The first-order chi connectivity index (χ1) is 16.8. The van der Waals surface area contributed by atoms with Gasteiger partial charge in [0, 0.05) is 17.1 Å². The average Bonchev–Trinajstić information content (AvgIpc) is 2.89. The van der Waals surface area contributed by atoms with E-state index in [1.165, 1.54) is 94.8 Å². The third kappa shape index (κ3) is 4.85. The molecule has 0 amide bonds. The minimum atomic E-state index is 1.09. The van der Waals surface area contributed by atoms with Gasteiger partial charge in [-0.3, -0.25) is 4.98 Å². The number of fused-ring (bicyclic) bond motifs is 5. The van der Waals surface area contributed by atoms with Gasteiger partial charge in [0.1, 0.15) is 0 Å². The zero-order chi connectivity index (χ0) is 23.2. The van der Waals surface area contributed by atoms with Crippen molar-refractivity contribution in [3.05, 3.63) is 90.6 Å². The topological polar surface area (TPSA) is 12.9 Å². The van der Waals surface area contributed by atoms with E-state index in [0.717, 1.165) is 12.1 Å². The van der Waals surface area contributed by atoms with Crippen LogP contribution < -0.4 is 0 Å². The van der Waals surface area contributed by atoms with Gasteiger partial charge in [-0.25, -0.2) is 0 Å². The molecule has 0 aliphatic rings. The second kappa shape index (κ2) is 10.8. The second-order valence-corrected chi connectivity index (χ2v) is 9.63.